The summed E-state index contributed by atoms with van der Waals surface area (Å²) in [5.41, 5.74) is 1.17. The molecule has 0 saturated heterocycles. The van der Waals surface area contributed by atoms with Gasteiger partial charge in [0.2, 0.25) is 0 Å². The largest absolute Gasteiger partial charge is 0.393 e. The Labute approximate surface area is 101 Å². The van der Waals surface area contributed by atoms with Crippen LogP contribution in [0.1, 0.15) is 60.3 Å². The van der Waals surface area contributed by atoms with E-state index in [1.165, 1.54) is 25.7 Å². The third-order valence-electron chi connectivity index (χ3n) is 6.27. The standard InChI is InChI=1S/C15H28O/c1-10(11(2)16)6-7-12-8-13-9-15(13,5)14(12,3)4/h10-13,16H,6-9H2,1-5H3. The molecule has 0 amide bonds. The van der Waals surface area contributed by atoms with Crippen LogP contribution in [0.15, 0.2) is 0 Å². The fourth-order valence-electron chi connectivity index (χ4n) is 3.87. The summed E-state index contributed by atoms with van der Waals surface area (Å²) in [4.78, 5) is 0. The summed E-state index contributed by atoms with van der Waals surface area (Å²) < 4.78 is 0. The van der Waals surface area contributed by atoms with Gasteiger partial charge in [0.25, 0.3) is 0 Å². The van der Waals surface area contributed by atoms with Crippen LogP contribution in [-0.2, 0) is 0 Å². The molecular formula is C15H28O. The Bertz CT molecular complexity index is 269. The van der Waals surface area contributed by atoms with E-state index in [9.17, 15) is 5.11 Å². The summed E-state index contributed by atoms with van der Waals surface area (Å²) >= 11 is 0. The van der Waals surface area contributed by atoms with E-state index in [1.807, 2.05) is 6.92 Å². The maximum atomic E-state index is 9.54. The average Bonchev–Trinajstić information content (AvgIpc) is 2.79. The Kier molecular flexibility index (Phi) is 2.89. The molecule has 2 fully saturated rings. The fraction of sp³-hybridized carbons (Fsp3) is 1.00. The molecule has 2 aliphatic rings. The van der Waals surface area contributed by atoms with Gasteiger partial charge >= 0.3 is 0 Å². The number of hydrogen-bond donors (Lipinski definition) is 1. The minimum Gasteiger partial charge on any atom is -0.393 e. The molecule has 2 saturated carbocycles. The molecule has 1 nitrogen and oxygen atoms in total. The van der Waals surface area contributed by atoms with Gasteiger partial charge in [0, 0.05) is 0 Å². The number of aliphatic hydroxyl groups excluding tert-OH is 1. The third-order valence-corrected chi connectivity index (χ3v) is 6.27. The summed E-state index contributed by atoms with van der Waals surface area (Å²) in [7, 11) is 0. The average molecular weight is 224 g/mol. The fourth-order valence-corrected chi connectivity index (χ4v) is 3.87. The number of aliphatic hydroxyl groups is 1. The normalized spacial score (nSPS) is 43.9. The van der Waals surface area contributed by atoms with Gasteiger partial charge in [-0.1, -0.05) is 27.7 Å². The topological polar surface area (TPSA) is 20.2 Å². The lowest BCUT2D eigenvalue weighted by molar-refractivity contribution is 0.102. The van der Waals surface area contributed by atoms with Gasteiger partial charge in [-0.05, 0) is 61.2 Å². The molecule has 5 atom stereocenters. The Morgan fingerprint density at radius 1 is 1.25 bits per heavy atom. The summed E-state index contributed by atoms with van der Waals surface area (Å²) in [6, 6.07) is 0. The zero-order valence-electron chi connectivity index (χ0n) is 11.6. The lowest BCUT2D eigenvalue weighted by atomic mass is 9.69. The van der Waals surface area contributed by atoms with Crippen LogP contribution in [0.2, 0.25) is 0 Å². The molecule has 2 aliphatic carbocycles. The van der Waals surface area contributed by atoms with E-state index in [-0.39, 0.29) is 6.10 Å². The molecule has 0 aliphatic heterocycles. The van der Waals surface area contributed by atoms with Gasteiger partial charge in [0.05, 0.1) is 6.10 Å². The molecule has 0 aromatic rings. The first-order valence-electron chi connectivity index (χ1n) is 6.97. The molecule has 2 rings (SSSR count). The number of rotatable bonds is 4. The Hall–Kier alpha value is -0.0400. The Morgan fingerprint density at radius 2 is 1.88 bits per heavy atom. The number of hydrogen-bond acceptors (Lipinski definition) is 1. The van der Waals surface area contributed by atoms with Crippen molar-refractivity contribution in [2.24, 2.45) is 28.6 Å². The second kappa shape index (κ2) is 3.73. The smallest absolute Gasteiger partial charge is 0.0537 e. The SMILES string of the molecule is CC(O)C(C)CCC1CC2CC2(C)C1(C)C. The van der Waals surface area contributed by atoms with Crippen molar-refractivity contribution < 1.29 is 5.11 Å². The molecular weight excluding hydrogens is 196 g/mol. The van der Waals surface area contributed by atoms with E-state index < -0.39 is 0 Å². The van der Waals surface area contributed by atoms with Crippen LogP contribution in [-0.4, -0.2) is 11.2 Å². The van der Waals surface area contributed by atoms with Crippen LogP contribution in [0.3, 0.4) is 0 Å². The van der Waals surface area contributed by atoms with E-state index in [4.69, 9.17) is 0 Å². The second-order valence-corrected chi connectivity index (χ2v) is 7.27. The summed E-state index contributed by atoms with van der Waals surface area (Å²) in [5, 5.41) is 9.54. The van der Waals surface area contributed by atoms with Crippen molar-refractivity contribution in [1.82, 2.24) is 0 Å². The first kappa shape index (κ1) is 12.4. The first-order valence-corrected chi connectivity index (χ1v) is 6.97. The van der Waals surface area contributed by atoms with Gasteiger partial charge in [-0.25, -0.2) is 0 Å². The van der Waals surface area contributed by atoms with Crippen molar-refractivity contribution in [3.8, 4) is 0 Å². The van der Waals surface area contributed by atoms with Crippen LogP contribution in [0.4, 0.5) is 0 Å². The highest BCUT2D eigenvalue weighted by Gasteiger charge is 2.66. The molecule has 0 aromatic carbocycles. The Morgan fingerprint density at radius 3 is 2.31 bits per heavy atom. The van der Waals surface area contributed by atoms with Gasteiger partial charge in [-0.3, -0.25) is 0 Å². The van der Waals surface area contributed by atoms with Gasteiger partial charge < -0.3 is 5.11 Å². The molecule has 94 valence electrons. The molecule has 0 spiro atoms. The summed E-state index contributed by atoms with van der Waals surface area (Å²) in [6.07, 6.45) is 5.26. The maximum Gasteiger partial charge on any atom is 0.0537 e. The van der Waals surface area contributed by atoms with E-state index in [2.05, 4.69) is 27.7 Å². The summed E-state index contributed by atoms with van der Waals surface area (Å²) in [5.74, 6) is 2.35. The van der Waals surface area contributed by atoms with Gasteiger partial charge in [0.15, 0.2) is 0 Å². The van der Waals surface area contributed by atoms with E-state index in [1.54, 1.807) is 0 Å². The van der Waals surface area contributed by atoms with Crippen molar-refractivity contribution >= 4 is 0 Å². The minimum absolute atomic E-state index is 0.144. The second-order valence-electron chi connectivity index (χ2n) is 7.27. The minimum atomic E-state index is -0.144. The zero-order valence-corrected chi connectivity index (χ0v) is 11.6. The van der Waals surface area contributed by atoms with Gasteiger partial charge in [-0.2, -0.15) is 0 Å². The monoisotopic (exact) mass is 224 g/mol. The van der Waals surface area contributed by atoms with Crippen molar-refractivity contribution in [3.05, 3.63) is 0 Å². The van der Waals surface area contributed by atoms with Crippen molar-refractivity contribution in [2.45, 2.75) is 66.4 Å². The zero-order chi connectivity index (χ0) is 12.1. The molecule has 1 N–H and O–H groups in total. The third kappa shape index (κ3) is 1.72. The first-order chi connectivity index (χ1) is 7.29. The van der Waals surface area contributed by atoms with Crippen molar-refractivity contribution in [3.63, 3.8) is 0 Å². The predicted molar refractivity (Wildman–Crippen MR) is 68.2 cm³/mol. The van der Waals surface area contributed by atoms with Crippen LogP contribution in [0.5, 0.6) is 0 Å². The Balaban J connectivity index is 1.88. The highest BCUT2D eigenvalue weighted by Crippen LogP contribution is 2.74. The van der Waals surface area contributed by atoms with Crippen LogP contribution in [0.25, 0.3) is 0 Å². The van der Waals surface area contributed by atoms with E-state index in [0.717, 1.165) is 11.8 Å². The van der Waals surface area contributed by atoms with E-state index >= 15 is 0 Å². The van der Waals surface area contributed by atoms with Gasteiger partial charge in [0.1, 0.15) is 0 Å². The predicted octanol–water partition coefficient (Wildman–Crippen LogP) is 3.86. The van der Waals surface area contributed by atoms with Crippen LogP contribution in [0, 0.1) is 28.6 Å². The molecule has 0 radical (unpaired) electrons. The molecule has 0 heterocycles. The lowest BCUT2D eigenvalue weighted by Crippen LogP contribution is -2.28. The molecule has 1 heteroatoms. The molecule has 0 aromatic heterocycles. The van der Waals surface area contributed by atoms with Crippen molar-refractivity contribution in [2.75, 3.05) is 0 Å². The van der Waals surface area contributed by atoms with Crippen LogP contribution >= 0.6 is 0 Å². The van der Waals surface area contributed by atoms with Crippen molar-refractivity contribution in [1.29, 1.82) is 0 Å². The van der Waals surface area contributed by atoms with E-state index in [0.29, 0.717) is 16.7 Å². The maximum absolute atomic E-state index is 9.54. The highest BCUT2D eigenvalue weighted by molar-refractivity contribution is 5.15. The molecule has 0 bridgehead atoms. The highest BCUT2D eigenvalue weighted by atomic mass is 16.3. The lowest BCUT2D eigenvalue weighted by Gasteiger charge is -2.36. The van der Waals surface area contributed by atoms with Crippen LogP contribution < -0.4 is 0 Å². The molecule has 16 heavy (non-hydrogen) atoms. The number of fused-ring (bicyclic) bond motifs is 1. The molecule has 5 unspecified atom stereocenters. The van der Waals surface area contributed by atoms with Gasteiger partial charge in [-0.15, -0.1) is 0 Å². The summed E-state index contributed by atoms with van der Waals surface area (Å²) in [6.45, 7) is 11.5. The quantitative estimate of drug-likeness (QED) is 0.769.